The molecular weight excluding hydrogens is 305 g/mol. The molecule has 108 valence electrons. The van der Waals surface area contributed by atoms with Crippen molar-refractivity contribution in [2.75, 3.05) is 31.6 Å². The fourth-order valence-electron chi connectivity index (χ4n) is 1.76. The summed E-state index contributed by atoms with van der Waals surface area (Å²) < 4.78 is 5.14. The number of nitrogens with zero attached hydrogens (tertiary/aromatic N) is 2. The minimum Gasteiger partial charge on any atom is -0.378 e. The van der Waals surface area contributed by atoms with Crippen LogP contribution in [0.25, 0.3) is 0 Å². The molecule has 2 rings (SSSR count). The van der Waals surface area contributed by atoms with Gasteiger partial charge < -0.3 is 15.0 Å². The van der Waals surface area contributed by atoms with E-state index in [9.17, 15) is 9.59 Å². The van der Waals surface area contributed by atoms with E-state index >= 15 is 0 Å². The molecule has 1 aromatic heterocycles. The van der Waals surface area contributed by atoms with Gasteiger partial charge in [-0.15, -0.1) is 0 Å². The Hall–Kier alpha value is -1.37. The fraction of sp³-hybridized carbons (Fsp3) is 0.417. The van der Waals surface area contributed by atoms with Crippen LogP contribution in [0.1, 0.15) is 6.42 Å². The highest BCUT2D eigenvalue weighted by atomic mass is 35.5. The zero-order valence-corrected chi connectivity index (χ0v) is 12.1. The van der Waals surface area contributed by atoms with E-state index < -0.39 is 5.91 Å². The monoisotopic (exact) mass is 317 g/mol. The van der Waals surface area contributed by atoms with Crippen molar-refractivity contribution >= 4 is 40.7 Å². The first kappa shape index (κ1) is 15.0. The summed E-state index contributed by atoms with van der Waals surface area (Å²) in [5.74, 6) is -0.670. The van der Waals surface area contributed by atoms with Gasteiger partial charge in [-0.2, -0.15) is 0 Å². The highest BCUT2D eigenvalue weighted by molar-refractivity contribution is 6.34. The van der Waals surface area contributed by atoms with Crippen LogP contribution >= 0.6 is 23.2 Å². The molecule has 0 spiro atoms. The lowest BCUT2D eigenvalue weighted by atomic mass is 10.3. The van der Waals surface area contributed by atoms with E-state index in [-0.39, 0.29) is 22.6 Å². The molecule has 1 saturated heterocycles. The summed E-state index contributed by atoms with van der Waals surface area (Å²) in [5.41, 5.74) is 0.329. The molecule has 0 saturated carbocycles. The predicted molar refractivity (Wildman–Crippen MR) is 74.9 cm³/mol. The lowest BCUT2D eigenvalue weighted by molar-refractivity contribution is -0.138. The molecule has 1 fully saturated rings. The maximum atomic E-state index is 11.9. The van der Waals surface area contributed by atoms with Gasteiger partial charge in [-0.25, -0.2) is 4.98 Å². The van der Waals surface area contributed by atoms with E-state index in [4.69, 9.17) is 27.9 Å². The largest absolute Gasteiger partial charge is 0.378 e. The predicted octanol–water partition coefficient (Wildman–Crippen LogP) is 1.58. The van der Waals surface area contributed by atoms with Gasteiger partial charge in [0.15, 0.2) is 5.15 Å². The van der Waals surface area contributed by atoms with Gasteiger partial charge in [0.25, 0.3) is 0 Å². The number of carbonyl (C=O) groups excluding carboxylic acids is 2. The molecule has 1 N–H and O–H groups in total. The summed E-state index contributed by atoms with van der Waals surface area (Å²) in [6.07, 6.45) is -0.237. The van der Waals surface area contributed by atoms with Gasteiger partial charge in [-0.3, -0.25) is 9.59 Å². The minimum absolute atomic E-state index is 0.0877. The molecule has 0 bridgehead atoms. The lowest BCUT2D eigenvalue weighted by Crippen LogP contribution is -2.41. The Morgan fingerprint density at radius 3 is 2.65 bits per heavy atom. The third-order valence-electron chi connectivity index (χ3n) is 2.76. The summed E-state index contributed by atoms with van der Waals surface area (Å²) >= 11 is 11.5. The Kier molecular flexibility index (Phi) is 5.17. The number of rotatable bonds is 3. The number of carbonyl (C=O) groups is 2. The number of anilines is 1. The summed E-state index contributed by atoms with van der Waals surface area (Å²) in [4.78, 5) is 29.1. The van der Waals surface area contributed by atoms with Crippen molar-refractivity contribution in [3.63, 3.8) is 0 Å². The second kappa shape index (κ2) is 6.88. The number of pyridine rings is 1. The lowest BCUT2D eigenvalue weighted by Gasteiger charge is -2.26. The van der Waals surface area contributed by atoms with E-state index in [1.165, 1.54) is 12.1 Å². The highest BCUT2D eigenvalue weighted by Crippen LogP contribution is 2.21. The van der Waals surface area contributed by atoms with Gasteiger partial charge in [0.1, 0.15) is 11.6 Å². The molecule has 8 heteroatoms. The van der Waals surface area contributed by atoms with Crippen molar-refractivity contribution in [1.82, 2.24) is 9.88 Å². The summed E-state index contributed by atoms with van der Waals surface area (Å²) in [5, 5.41) is 2.86. The number of nitrogens with one attached hydrogen (secondary N) is 1. The number of hydrogen-bond acceptors (Lipinski definition) is 4. The van der Waals surface area contributed by atoms with Crippen molar-refractivity contribution in [3.05, 3.63) is 22.4 Å². The topological polar surface area (TPSA) is 71.5 Å². The van der Waals surface area contributed by atoms with Crippen LogP contribution in [0, 0.1) is 0 Å². The van der Waals surface area contributed by atoms with Crippen molar-refractivity contribution in [3.8, 4) is 0 Å². The smallest absolute Gasteiger partial charge is 0.233 e. The SMILES string of the molecule is O=C(CC(=O)N1CCOCC1)Nc1ccc(Cl)nc1Cl. The van der Waals surface area contributed by atoms with Gasteiger partial charge in [-0.05, 0) is 12.1 Å². The van der Waals surface area contributed by atoms with Gasteiger partial charge in [0.05, 0.1) is 18.9 Å². The van der Waals surface area contributed by atoms with E-state index in [2.05, 4.69) is 10.3 Å². The molecule has 0 aliphatic carbocycles. The van der Waals surface area contributed by atoms with E-state index in [0.717, 1.165) is 0 Å². The number of halogens is 2. The fourth-order valence-corrected chi connectivity index (χ4v) is 2.15. The van der Waals surface area contributed by atoms with Crippen LogP contribution in [0.3, 0.4) is 0 Å². The normalized spacial score (nSPS) is 15.0. The quantitative estimate of drug-likeness (QED) is 0.678. The van der Waals surface area contributed by atoms with Gasteiger partial charge >= 0.3 is 0 Å². The number of aromatic nitrogens is 1. The molecule has 20 heavy (non-hydrogen) atoms. The van der Waals surface area contributed by atoms with Crippen LogP contribution in [0.4, 0.5) is 5.69 Å². The average Bonchev–Trinajstić information content (AvgIpc) is 2.43. The first-order valence-electron chi connectivity index (χ1n) is 6.03. The number of hydrogen-bond donors (Lipinski definition) is 1. The van der Waals surface area contributed by atoms with Crippen molar-refractivity contribution in [1.29, 1.82) is 0 Å². The summed E-state index contributed by atoms with van der Waals surface area (Å²) in [6.45, 7) is 2.02. The van der Waals surface area contributed by atoms with Crippen molar-refractivity contribution in [2.24, 2.45) is 0 Å². The number of amides is 2. The van der Waals surface area contributed by atoms with Crippen molar-refractivity contribution in [2.45, 2.75) is 6.42 Å². The Bertz CT molecular complexity index is 519. The average molecular weight is 318 g/mol. The Labute approximate surface area is 126 Å². The highest BCUT2D eigenvalue weighted by Gasteiger charge is 2.20. The zero-order valence-electron chi connectivity index (χ0n) is 10.6. The molecule has 2 amide bonds. The standard InChI is InChI=1S/C12H13Cl2N3O3/c13-9-2-1-8(12(14)16-9)15-10(18)7-11(19)17-3-5-20-6-4-17/h1-2H,3-7H2,(H,15,18). The third kappa shape index (κ3) is 4.06. The molecule has 1 aliphatic heterocycles. The van der Waals surface area contributed by atoms with Crippen LogP contribution in [0.2, 0.25) is 10.3 Å². The van der Waals surface area contributed by atoms with Crippen LogP contribution in [0.15, 0.2) is 12.1 Å². The maximum Gasteiger partial charge on any atom is 0.233 e. The first-order valence-corrected chi connectivity index (χ1v) is 6.79. The summed E-state index contributed by atoms with van der Waals surface area (Å²) in [6, 6.07) is 3.04. The second-order valence-corrected chi connectivity index (χ2v) is 4.94. The van der Waals surface area contributed by atoms with E-state index in [1.54, 1.807) is 4.90 Å². The molecular formula is C12H13Cl2N3O3. The van der Waals surface area contributed by atoms with Gasteiger partial charge in [0, 0.05) is 13.1 Å². The van der Waals surface area contributed by atoms with Crippen molar-refractivity contribution < 1.29 is 14.3 Å². The van der Waals surface area contributed by atoms with Crippen LogP contribution in [-0.4, -0.2) is 48.0 Å². The molecule has 1 aromatic rings. The van der Waals surface area contributed by atoms with E-state index in [1.807, 2.05) is 0 Å². The summed E-state index contributed by atoms with van der Waals surface area (Å²) in [7, 11) is 0. The van der Waals surface area contributed by atoms with E-state index in [0.29, 0.717) is 32.0 Å². The maximum absolute atomic E-state index is 11.9. The Morgan fingerprint density at radius 2 is 2.00 bits per heavy atom. The Balaban J connectivity index is 1.90. The van der Waals surface area contributed by atoms with Gasteiger partial charge in [-0.1, -0.05) is 23.2 Å². The van der Waals surface area contributed by atoms with Crippen LogP contribution < -0.4 is 5.32 Å². The minimum atomic E-state index is -0.437. The third-order valence-corrected chi connectivity index (χ3v) is 3.26. The molecule has 0 atom stereocenters. The zero-order chi connectivity index (χ0) is 14.5. The number of ether oxygens (including phenoxy) is 1. The molecule has 1 aliphatic rings. The Morgan fingerprint density at radius 1 is 1.30 bits per heavy atom. The molecule has 0 aromatic carbocycles. The number of morpholine rings is 1. The molecule has 0 unspecified atom stereocenters. The first-order chi connectivity index (χ1) is 9.56. The molecule has 2 heterocycles. The van der Waals surface area contributed by atoms with Crippen LogP contribution in [-0.2, 0) is 14.3 Å². The molecule has 6 nitrogen and oxygen atoms in total. The van der Waals surface area contributed by atoms with Gasteiger partial charge in [0.2, 0.25) is 11.8 Å². The molecule has 0 radical (unpaired) electrons. The second-order valence-electron chi connectivity index (χ2n) is 4.19. The van der Waals surface area contributed by atoms with Crippen LogP contribution in [0.5, 0.6) is 0 Å².